The summed E-state index contributed by atoms with van der Waals surface area (Å²) < 4.78 is 133. The average molecular weight is 662 g/mol. The number of nitrogens with zero attached hydrogens (tertiary/aromatic N) is 1. The second kappa shape index (κ2) is 14.4. The average Bonchev–Trinajstić information content (AvgIpc) is 2.95. The van der Waals surface area contributed by atoms with Crippen molar-refractivity contribution in [3.05, 3.63) is 88.5 Å². The van der Waals surface area contributed by atoms with Crippen molar-refractivity contribution in [3.63, 3.8) is 0 Å². The number of esters is 1. The van der Waals surface area contributed by atoms with Crippen LogP contribution in [0.1, 0.15) is 74.3 Å². The molecule has 0 radical (unpaired) electrons. The summed E-state index contributed by atoms with van der Waals surface area (Å²) in [7, 11) is 1.06. The van der Waals surface area contributed by atoms with Gasteiger partial charge in [0.2, 0.25) is 0 Å². The van der Waals surface area contributed by atoms with Crippen LogP contribution in [0.5, 0.6) is 0 Å². The summed E-state index contributed by atoms with van der Waals surface area (Å²) in [4.78, 5) is 14.2. The molecule has 0 saturated carbocycles. The molecule has 0 aromatic heterocycles. The van der Waals surface area contributed by atoms with E-state index in [1.54, 1.807) is 58.0 Å². The maximum Gasteiger partial charge on any atom is 0.418 e. The molecule has 0 aliphatic heterocycles. The van der Waals surface area contributed by atoms with Crippen molar-refractivity contribution in [1.82, 2.24) is 0 Å². The molecule has 0 aliphatic rings. The smallest absolute Gasteiger partial charge is 0.418 e. The van der Waals surface area contributed by atoms with Gasteiger partial charge in [-0.25, -0.2) is 0 Å². The van der Waals surface area contributed by atoms with Crippen LogP contribution in [-0.2, 0) is 34.6 Å². The van der Waals surface area contributed by atoms with Gasteiger partial charge in [0.15, 0.2) is 0 Å². The van der Waals surface area contributed by atoms with Gasteiger partial charge in [-0.3, -0.25) is 4.79 Å². The Morgan fingerprint density at radius 3 is 1.76 bits per heavy atom. The first-order chi connectivity index (χ1) is 21.2. The normalized spacial score (nSPS) is 13.3. The van der Waals surface area contributed by atoms with Crippen LogP contribution >= 0.6 is 0 Å². The Morgan fingerprint density at radius 1 is 0.739 bits per heavy atom. The van der Waals surface area contributed by atoms with Crippen molar-refractivity contribution < 1.29 is 49.0 Å². The zero-order valence-electron chi connectivity index (χ0n) is 26.0. The van der Waals surface area contributed by atoms with Gasteiger partial charge in [0.1, 0.15) is 0 Å². The van der Waals surface area contributed by atoms with Crippen molar-refractivity contribution in [2.24, 2.45) is 11.8 Å². The van der Waals surface area contributed by atoms with Crippen LogP contribution in [0.3, 0.4) is 0 Å². The zero-order valence-corrected chi connectivity index (χ0v) is 26.0. The minimum absolute atomic E-state index is 0.0119. The topological polar surface area (TPSA) is 29.5 Å². The summed E-state index contributed by atoms with van der Waals surface area (Å²) in [5.41, 5.74) is -4.89. The van der Waals surface area contributed by atoms with Crippen molar-refractivity contribution in [2.75, 3.05) is 18.6 Å². The molecule has 12 heteroatoms. The summed E-state index contributed by atoms with van der Waals surface area (Å²) in [6, 6.07) is 11.8. The fourth-order valence-corrected chi connectivity index (χ4v) is 5.27. The van der Waals surface area contributed by atoms with E-state index in [9.17, 15) is 31.1 Å². The van der Waals surface area contributed by atoms with Crippen LogP contribution in [0.15, 0.2) is 60.7 Å². The number of halogens is 9. The van der Waals surface area contributed by atoms with Crippen molar-refractivity contribution >= 4 is 11.7 Å². The van der Waals surface area contributed by atoms with E-state index >= 15 is 13.2 Å². The number of methoxy groups -OCH3 is 1. The van der Waals surface area contributed by atoms with Gasteiger partial charge < -0.3 is 9.64 Å². The summed E-state index contributed by atoms with van der Waals surface area (Å²) >= 11 is 0. The fraction of sp³-hybridized carbons (Fsp3) is 0.441. The van der Waals surface area contributed by atoms with Gasteiger partial charge in [-0.05, 0) is 77.3 Å². The molecule has 252 valence electrons. The molecule has 0 fully saturated rings. The van der Waals surface area contributed by atoms with E-state index < -0.39 is 64.9 Å². The number of benzene rings is 3. The number of hydrogen-bond acceptors (Lipinski definition) is 3. The van der Waals surface area contributed by atoms with Crippen molar-refractivity contribution in [1.29, 1.82) is 0 Å². The predicted octanol–water partition coefficient (Wildman–Crippen LogP) is 10.8. The third-order valence-electron chi connectivity index (χ3n) is 7.44. The quantitative estimate of drug-likeness (QED) is 0.151. The first-order valence-corrected chi connectivity index (χ1v) is 14.6. The number of carbonyl (C=O) groups is 1. The lowest BCUT2D eigenvalue weighted by Gasteiger charge is -2.32. The summed E-state index contributed by atoms with van der Waals surface area (Å²) in [6.45, 7) is 6.20. The number of ether oxygens (including phenoxy) is 1. The van der Waals surface area contributed by atoms with Crippen molar-refractivity contribution in [3.8, 4) is 11.1 Å². The standard InChI is InChI=1S/C34H36F9NO2/c1-20(2)11-12-44(19-22-14-25(32(35,36)37)18-26(15-22)33(38,39)40)29-17-24(23-9-7-6-8-10-23)16-27(30(29)34(41,42)43)28(13-21(3)4)31(45)46-5/h6-10,14-18,20-21,28H,11-13,19H2,1-5H3. The van der Waals surface area contributed by atoms with Crippen LogP contribution in [0.2, 0.25) is 0 Å². The van der Waals surface area contributed by atoms with Gasteiger partial charge in [0, 0.05) is 13.1 Å². The second-order valence-electron chi connectivity index (χ2n) is 12.0. The van der Waals surface area contributed by atoms with E-state index in [0.29, 0.717) is 17.7 Å². The highest BCUT2D eigenvalue weighted by Crippen LogP contribution is 2.46. The van der Waals surface area contributed by atoms with E-state index in [1.165, 1.54) is 12.1 Å². The lowest BCUT2D eigenvalue weighted by molar-refractivity contribution is -0.145. The molecule has 3 aromatic carbocycles. The molecule has 0 aliphatic carbocycles. The zero-order chi connectivity index (χ0) is 34.6. The Hall–Kier alpha value is -3.70. The highest BCUT2D eigenvalue weighted by Gasteiger charge is 2.42. The number of hydrogen-bond donors (Lipinski definition) is 0. The van der Waals surface area contributed by atoms with E-state index in [0.717, 1.165) is 12.0 Å². The van der Waals surface area contributed by atoms with E-state index in [1.807, 2.05) is 0 Å². The van der Waals surface area contributed by atoms with Crippen LogP contribution in [0.25, 0.3) is 11.1 Å². The van der Waals surface area contributed by atoms with Crippen LogP contribution in [-0.4, -0.2) is 19.6 Å². The first-order valence-electron chi connectivity index (χ1n) is 14.6. The number of alkyl halides is 9. The molecule has 0 N–H and O–H groups in total. The maximum atomic E-state index is 15.2. The monoisotopic (exact) mass is 661 g/mol. The molecule has 0 saturated heterocycles. The highest BCUT2D eigenvalue weighted by atomic mass is 19.4. The Morgan fingerprint density at radius 2 is 1.30 bits per heavy atom. The van der Waals surface area contributed by atoms with Gasteiger partial charge in [-0.15, -0.1) is 0 Å². The van der Waals surface area contributed by atoms with Gasteiger partial charge >= 0.3 is 24.5 Å². The molecule has 1 atom stereocenters. The summed E-state index contributed by atoms with van der Waals surface area (Å²) in [5, 5.41) is 0. The van der Waals surface area contributed by atoms with Crippen LogP contribution < -0.4 is 4.90 Å². The molecule has 0 amide bonds. The molecular weight excluding hydrogens is 625 g/mol. The van der Waals surface area contributed by atoms with Crippen molar-refractivity contribution in [2.45, 2.75) is 71.5 Å². The minimum atomic E-state index is -5.14. The van der Waals surface area contributed by atoms with E-state index in [2.05, 4.69) is 0 Å². The van der Waals surface area contributed by atoms with Gasteiger partial charge in [0.05, 0.1) is 35.4 Å². The number of carbonyl (C=O) groups excluding carboxylic acids is 1. The molecule has 3 rings (SSSR count). The largest absolute Gasteiger partial charge is 0.469 e. The molecule has 0 heterocycles. The molecule has 0 spiro atoms. The Kier molecular flexibility index (Phi) is 11.5. The fourth-order valence-electron chi connectivity index (χ4n) is 5.27. The van der Waals surface area contributed by atoms with Gasteiger partial charge in [0.25, 0.3) is 0 Å². The van der Waals surface area contributed by atoms with Gasteiger partial charge in [-0.2, -0.15) is 39.5 Å². The molecule has 46 heavy (non-hydrogen) atoms. The minimum Gasteiger partial charge on any atom is -0.469 e. The Balaban J connectivity index is 2.42. The predicted molar refractivity (Wildman–Crippen MR) is 158 cm³/mol. The Labute approximate surface area is 262 Å². The van der Waals surface area contributed by atoms with E-state index in [4.69, 9.17) is 4.74 Å². The second-order valence-corrected chi connectivity index (χ2v) is 12.0. The highest BCUT2D eigenvalue weighted by molar-refractivity contribution is 5.82. The third kappa shape index (κ3) is 9.42. The lowest BCUT2D eigenvalue weighted by Crippen LogP contribution is -2.30. The van der Waals surface area contributed by atoms with Crippen LogP contribution in [0, 0.1) is 11.8 Å². The molecular formula is C34H36F9NO2. The third-order valence-corrected chi connectivity index (χ3v) is 7.44. The molecule has 3 nitrogen and oxygen atoms in total. The number of rotatable bonds is 11. The summed E-state index contributed by atoms with van der Waals surface area (Å²) in [6.07, 6.45) is -15.1. The molecule has 3 aromatic rings. The molecule has 0 bridgehead atoms. The Bertz CT molecular complexity index is 1440. The first kappa shape index (κ1) is 36.8. The number of anilines is 1. The maximum absolute atomic E-state index is 15.2. The van der Waals surface area contributed by atoms with Gasteiger partial charge in [-0.1, -0.05) is 58.0 Å². The van der Waals surface area contributed by atoms with E-state index in [-0.39, 0.29) is 48.4 Å². The summed E-state index contributed by atoms with van der Waals surface area (Å²) in [5.74, 6) is -2.58. The SMILES string of the molecule is COC(=O)C(CC(C)C)c1cc(-c2ccccc2)cc(N(CCC(C)C)Cc2cc(C(F)(F)F)cc(C(F)(F)F)c2)c1C(F)(F)F. The van der Waals surface area contributed by atoms with Crippen LogP contribution in [0.4, 0.5) is 45.2 Å². The molecule has 1 unspecified atom stereocenters. The lowest BCUT2D eigenvalue weighted by atomic mass is 9.84.